The van der Waals surface area contributed by atoms with Gasteiger partial charge in [-0.05, 0) is 24.3 Å². The molecule has 9 heteroatoms. The molecule has 0 aliphatic rings. The van der Waals surface area contributed by atoms with Crippen molar-refractivity contribution in [3.8, 4) is 11.5 Å². The molecule has 8 nitrogen and oxygen atoms in total. The molecule has 0 saturated heterocycles. The highest BCUT2D eigenvalue weighted by molar-refractivity contribution is 8.00. The molecule has 0 amide bonds. The Labute approximate surface area is 145 Å². The number of nitrogens with zero attached hydrogens (tertiary/aromatic N) is 2. The van der Waals surface area contributed by atoms with Gasteiger partial charge >= 0.3 is 5.97 Å². The van der Waals surface area contributed by atoms with Crippen LogP contribution in [0.5, 0.6) is 0 Å². The molecule has 2 heterocycles. The van der Waals surface area contributed by atoms with Gasteiger partial charge < -0.3 is 13.7 Å². The van der Waals surface area contributed by atoms with Gasteiger partial charge in [-0.1, -0.05) is 5.16 Å². The van der Waals surface area contributed by atoms with Crippen molar-refractivity contribution in [3.05, 3.63) is 64.5 Å². The van der Waals surface area contributed by atoms with Crippen molar-refractivity contribution in [2.75, 3.05) is 5.75 Å². The molecule has 0 atom stereocenters. The normalized spacial score (nSPS) is 10.6. The molecule has 0 N–H and O–H groups in total. The summed E-state index contributed by atoms with van der Waals surface area (Å²) in [5.74, 6) is 0.654. The Kier molecular flexibility index (Phi) is 5.14. The van der Waals surface area contributed by atoms with Gasteiger partial charge in [-0.15, -0.1) is 11.8 Å². The minimum Gasteiger partial charge on any atom is -0.461 e. The first kappa shape index (κ1) is 16.8. The van der Waals surface area contributed by atoms with Gasteiger partial charge in [0.15, 0.2) is 5.76 Å². The van der Waals surface area contributed by atoms with Gasteiger partial charge in [0, 0.05) is 23.1 Å². The van der Waals surface area contributed by atoms with Crippen LogP contribution in [0.4, 0.5) is 5.69 Å². The molecule has 0 unspecified atom stereocenters. The lowest BCUT2D eigenvalue weighted by Gasteiger charge is -2.02. The van der Waals surface area contributed by atoms with E-state index in [0.717, 1.165) is 4.90 Å². The second-order valence-corrected chi connectivity index (χ2v) is 5.91. The summed E-state index contributed by atoms with van der Waals surface area (Å²) in [7, 11) is 0. The number of aromatic nitrogens is 1. The van der Waals surface area contributed by atoms with E-state index in [2.05, 4.69) is 5.16 Å². The zero-order valence-electron chi connectivity index (χ0n) is 12.8. The van der Waals surface area contributed by atoms with E-state index in [0.29, 0.717) is 17.2 Å². The van der Waals surface area contributed by atoms with Crippen LogP contribution in [-0.4, -0.2) is 21.8 Å². The maximum absolute atomic E-state index is 11.8. The van der Waals surface area contributed by atoms with Crippen LogP contribution in [0.1, 0.15) is 5.69 Å². The summed E-state index contributed by atoms with van der Waals surface area (Å²) in [4.78, 5) is 22.6. The SMILES string of the molecule is O=C(CSc1ccc([N+](=O)[O-])cc1)OCc1cc(-c2ccco2)on1. The Morgan fingerprint density at radius 3 is 2.72 bits per heavy atom. The number of nitro groups is 1. The number of hydrogen-bond acceptors (Lipinski definition) is 8. The Morgan fingerprint density at radius 1 is 1.24 bits per heavy atom. The van der Waals surface area contributed by atoms with Gasteiger partial charge in [0.05, 0.1) is 16.9 Å². The number of non-ortho nitro benzene ring substituents is 1. The molecule has 2 aromatic heterocycles. The number of esters is 1. The molecule has 1 aromatic carbocycles. The maximum atomic E-state index is 11.8. The molecule has 3 rings (SSSR count). The Bertz CT molecular complexity index is 857. The van der Waals surface area contributed by atoms with E-state index in [4.69, 9.17) is 13.7 Å². The van der Waals surface area contributed by atoms with E-state index in [-0.39, 0.29) is 18.0 Å². The van der Waals surface area contributed by atoms with Crippen molar-refractivity contribution in [1.82, 2.24) is 5.16 Å². The fourth-order valence-electron chi connectivity index (χ4n) is 1.92. The summed E-state index contributed by atoms with van der Waals surface area (Å²) in [6, 6.07) is 11.0. The minimum atomic E-state index is -0.475. The fraction of sp³-hybridized carbons (Fsp3) is 0.125. The third-order valence-electron chi connectivity index (χ3n) is 3.11. The predicted molar refractivity (Wildman–Crippen MR) is 87.8 cm³/mol. The quantitative estimate of drug-likeness (QED) is 0.272. The standard InChI is InChI=1S/C16H12N2O6S/c19-16(10-25-13-5-3-12(4-6-13)18(20)21)23-9-11-8-15(24-17-11)14-2-1-7-22-14/h1-8H,9-10H2. The number of ether oxygens (including phenoxy) is 1. The molecular weight excluding hydrogens is 348 g/mol. The molecule has 0 spiro atoms. The Balaban J connectivity index is 1.46. The van der Waals surface area contributed by atoms with Crippen molar-refractivity contribution < 1.29 is 23.4 Å². The average Bonchev–Trinajstić information content (AvgIpc) is 3.29. The first-order valence-electron chi connectivity index (χ1n) is 7.14. The lowest BCUT2D eigenvalue weighted by molar-refractivity contribution is -0.384. The van der Waals surface area contributed by atoms with Crippen molar-refractivity contribution in [2.24, 2.45) is 0 Å². The fourth-order valence-corrected chi connectivity index (χ4v) is 2.61. The monoisotopic (exact) mass is 360 g/mol. The highest BCUT2D eigenvalue weighted by atomic mass is 32.2. The van der Waals surface area contributed by atoms with Gasteiger partial charge in [-0.25, -0.2) is 0 Å². The number of hydrogen-bond donors (Lipinski definition) is 0. The number of furan rings is 1. The summed E-state index contributed by atoms with van der Waals surface area (Å²) < 4.78 is 15.4. The van der Waals surface area contributed by atoms with Crippen molar-refractivity contribution in [2.45, 2.75) is 11.5 Å². The summed E-state index contributed by atoms with van der Waals surface area (Å²) >= 11 is 1.23. The van der Waals surface area contributed by atoms with E-state index in [9.17, 15) is 14.9 Å². The number of carbonyl (C=O) groups excluding carboxylic acids is 1. The summed E-state index contributed by atoms with van der Waals surface area (Å²) in [6.45, 7) is -0.0101. The maximum Gasteiger partial charge on any atom is 0.316 e. The van der Waals surface area contributed by atoms with E-state index < -0.39 is 10.9 Å². The van der Waals surface area contributed by atoms with Crippen LogP contribution in [0.2, 0.25) is 0 Å². The first-order chi connectivity index (χ1) is 12.1. The zero-order chi connectivity index (χ0) is 17.6. The third kappa shape index (κ3) is 4.48. The van der Waals surface area contributed by atoms with Gasteiger partial charge in [0.2, 0.25) is 5.76 Å². The van der Waals surface area contributed by atoms with Gasteiger partial charge in [0.25, 0.3) is 5.69 Å². The van der Waals surface area contributed by atoms with Crippen LogP contribution in [0.3, 0.4) is 0 Å². The highest BCUT2D eigenvalue weighted by Crippen LogP contribution is 2.22. The third-order valence-corrected chi connectivity index (χ3v) is 4.09. The topological polar surface area (TPSA) is 109 Å². The lowest BCUT2D eigenvalue weighted by Crippen LogP contribution is -2.07. The van der Waals surface area contributed by atoms with Crippen LogP contribution in [0.15, 0.2) is 62.6 Å². The number of nitro benzene ring substituents is 1. The second-order valence-electron chi connectivity index (χ2n) is 4.86. The van der Waals surface area contributed by atoms with Crippen LogP contribution < -0.4 is 0 Å². The smallest absolute Gasteiger partial charge is 0.316 e. The highest BCUT2D eigenvalue weighted by Gasteiger charge is 2.12. The van der Waals surface area contributed by atoms with Gasteiger partial charge in [-0.3, -0.25) is 14.9 Å². The first-order valence-corrected chi connectivity index (χ1v) is 8.13. The average molecular weight is 360 g/mol. The molecule has 128 valence electrons. The number of thioether (sulfide) groups is 1. The van der Waals surface area contributed by atoms with Gasteiger partial charge in [0.1, 0.15) is 12.3 Å². The molecule has 0 fully saturated rings. The van der Waals surface area contributed by atoms with Crippen molar-refractivity contribution in [3.63, 3.8) is 0 Å². The zero-order valence-corrected chi connectivity index (χ0v) is 13.6. The van der Waals surface area contributed by atoms with E-state index in [1.165, 1.54) is 30.2 Å². The molecule has 3 aromatic rings. The molecule has 0 radical (unpaired) electrons. The summed E-state index contributed by atoms with van der Waals surface area (Å²) in [5, 5.41) is 14.4. The van der Waals surface area contributed by atoms with Crippen molar-refractivity contribution in [1.29, 1.82) is 0 Å². The number of benzene rings is 1. The molecule has 0 aliphatic heterocycles. The number of carbonyl (C=O) groups is 1. The second kappa shape index (κ2) is 7.67. The molecule has 0 saturated carbocycles. The number of rotatable bonds is 7. The molecular formula is C16H12N2O6S. The van der Waals surface area contributed by atoms with E-state index >= 15 is 0 Å². The lowest BCUT2D eigenvalue weighted by atomic mass is 10.3. The van der Waals surface area contributed by atoms with Crippen LogP contribution >= 0.6 is 11.8 Å². The summed E-state index contributed by atoms with van der Waals surface area (Å²) in [6.07, 6.45) is 1.52. The van der Waals surface area contributed by atoms with E-state index in [1.54, 1.807) is 30.3 Å². The minimum absolute atomic E-state index is 0.00493. The molecule has 0 bridgehead atoms. The van der Waals surface area contributed by atoms with Crippen LogP contribution in [-0.2, 0) is 16.1 Å². The molecule has 0 aliphatic carbocycles. The Morgan fingerprint density at radius 2 is 2.04 bits per heavy atom. The summed E-state index contributed by atoms with van der Waals surface area (Å²) in [5.41, 5.74) is 0.477. The largest absolute Gasteiger partial charge is 0.461 e. The van der Waals surface area contributed by atoms with E-state index in [1.807, 2.05) is 0 Å². The molecule has 25 heavy (non-hydrogen) atoms. The van der Waals surface area contributed by atoms with Crippen molar-refractivity contribution >= 4 is 23.4 Å². The van der Waals surface area contributed by atoms with Gasteiger partial charge in [-0.2, -0.15) is 0 Å². The van der Waals surface area contributed by atoms with Crippen LogP contribution in [0, 0.1) is 10.1 Å². The Hall–Kier alpha value is -3.07. The predicted octanol–water partition coefficient (Wildman–Crippen LogP) is 3.68. The van der Waals surface area contributed by atoms with Crippen LogP contribution in [0.25, 0.3) is 11.5 Å².